The molecule has 2 amide bonds. The predicted molar refractivity (Wildman–Crippen MR) is 102 cm³/mol. The fraction of sp³-hybridized carbons (Fsp3) is 0.579. The highest BCUT2D eigenvalue weighted by molar-refractivity contribution is 8.01. The smallest absolute Gasteiger partial charge is 0.260 e. The molecule has 3 rings (SSSR count). The Morgan fingerprint density at radius 2 is 2.04 bits per heavy atom. The minimum absolute atomic E-state index is 0.0667. The van der Waals surface area contributed by atoms with Gasteiger partial charge in [0.25, 0.3) is 5.91 Å². The Kier molecular flexibility index (Phi) is 4.86. The molecule has 142 valence electrons. The first kappa shape index (κ1) is 18.9. The number of hydrogen-bond acceptors (Lipinski definition) is 5. The lowest BCUT2D eigenvalue weighted by atomic mass is 10.00. The molecule has 26 heavy (non-hydrogen) atoms. The molecule has 2 heterocycles. The fourth-order valence-corrected chi connectivity index (χ4v) is 5.26. The Balaban J connectivity index is 2.04. The van der Waals surface area contributed by atoms with E-state index in [1.807, 2.05) is 39.8 Å². The largest absolute Gasteiger partial charge is 0.493 e. The summed E-state index contributed by atoms with van der Waals surface area (Å²) in [7, 11) is 3.07. The predicted octanol–water partition coefficient (Wildman–Crippen LogP) is 2.97. The van der Waals surface area contributed by atoms with Gasteiger partial charge in [0.05, 0.1) is 19.8 Å². The van der Waals surface area contributed by atoms with Gasteiger partial charge in [0.15, 0.2) is 11.5 Å². The van der Waals surface area contributed by atoms with E-state index in [0.29, 0.717) is 17.1 Å². The van der Waals surface area contributed by atoms with E-state index in [4.69, 9.17) is 9.47 Å². The molecule has 1 aromatic carbocycles. The molecule has 3 atom stereocenters. The van der Waals surface area contributed by atoms with Gasteiger partial charge in [-0.05, 0) is 33.3 Å². The summed E-state index contributed by atoms with van der Waals surface area (Å²) in [6.07, 6.45) is 0.842. The van der Waals surface area contributed by atoms with Crippen LogP contribution in [0.25, 0.3) is 0 Å². The lowest BCUT2D eigenvalue weighted by molar-refractivity contribution is -0.126. The molecule has 0 bridgehead atoms. The van der Waals surface area contributed by atoms with Crippen LogP contribution in [-0.2, 0) is 4.79 Å². The third kappa shape index (κ3) is 2.73. The van der Waals surface area contributed by atoms with E-state index < -0.39 is 6.04 Å². The fourth-order valence-electron chi connectivity index (χ4n) is 3.68. The molecule has 0 spiro atoms. The number of nitrogens with zero attached hydrogens (tertiary/aromatic N) is 1. The van der Waals surface area contributed by atoms with Crippen molar-refractivity contribution in [3.8, 4) is 11.5 Å². The van der Waals surface area contributed by atoms with Crippen LogP contribution in [0.4, 0.5) is 0 Å². The number of methoxy groups -OCH3 is 2. The van der Waals surface area contributed by atoms with E-state index in [-0.39, 0.29) is 28.0 Å². The van der Waals surface area contributed by atoms with Crippen LogP contribution in [0.5, 0.6) is 11.5 Å². The molecule has 2 aliphatic rings. The molecule has 1 fully saturated rings. The average Bonchev–Trinajstić information content (AvgIpc) is 3.03. The molecular weight excluding hydrogens is 352 g/mol. The number of fused-ring (bicyclic) bond motifs is 3. The molecular formula is C19H26N2O4S. The summed E-state index contributed by atoms with van der Waals surface area (Å²) in [4.78, 5) is 28.0. The number of ether oxygens (including phenoxy) is 2. The Labute approximate surface area is 158 Å². The number of thioether (sulfide) groups is 1. The second-order valence-electron chi connectivity index (χ2n) is 7.27. The van der Waals surface area contributed by atoms with Crippen molar-refractivity contribution >= 4 is 23.6 Å². The zero-order valence-electron chi connectivity index (χ0n) is 16.1. The summed E-state index contributed by atoms with van der Waals surface area (Å²) in [6, 6.07) is 3.24. The third-order valence-electron chi connectivity index (χ3n) is 5.15. The first-order valence-electron chi connectivity index (χ1n) is 8.82. The Morgan fingerprint density at radius 3 is 2.62 bits per heavy atom. The number of benzene rings is 1. The van der Waals surface area contributed by atoms with Crippen molar-refractivity contribution in [1.82, 2.24) is 10.2 Å². The van der Waals surface area contributed by atoms with Crippen molar-refractivity contribution in [3.05, 3.63) is 23.3 Å². The first-order valence-corrected chi connectivity index (χ1v) is 9.70. The van der Waals surface area contributed by atoms with E-state index in [1.54, 1.807) is 23.8 Å². The van der Waals surface area contributed by atoms with E-state index in [0.717, 1.165) is 12.0 Å². The molecule has 7 heteroatoms. The lowest BCUT2D eigenvalue weighted by Gasteiger charge is -2.30. The second-order valence-corrected chi connectivity index (χ2v) is 9.01. The Bertz CT molecular complexity index is 749. The van der Waals surface area contributed by atoms with Crippen molar-refractivity contribution in [3.63, 3.8) is 0 Å². The molecule has 1 N–H and O–H groups in total. The van der Waals surface area contributed by atoms with Crippen LogP contribution >= 0.6 is 11.8 Å². The maximum Gasteiger partial charge on any atom is 0.260 e. The number of hydrogen-bond donors (Lipinski definition) is 1. The normalized spacial score (nSPS) is 24.1. The first-order chi connectivity index (χ1) is 12.3. The highest BCUT2D eigenvalue weighted by Gasteiger charge is 2.58. The molecule has 0 saturated carbocycles. The molecule has 0 aromatic heterocycles. The van der Waals surface area contributed by atoms with Gasteiger partial charge in [-0.1, -0.05) is 13.0 Å². The van der Waals surface area contributed by atoms with Crippen LogP contribution in [0, 0.1) is 0 Å². The number of carbonyl (C=O) groups excluding carboxylic acids is 2. The summed E-state index contributed by atoms with van der Waals surface area (Å²) in [5, 5.41) is 2.84. The van der Waals surface area contributed by atoms with E-state index in [1.165, 1.54) is 7.11 Å². The summed E-state index contributed by atoms with van der Waals surface area (Å²) >= 11 is 1.64. The van der Waals surface area contributed by atoms with Gasteiger partial charge in [-0.25, -0.2) is 0 Å². The minimum atomic E-state index is -0.540. The highest BCUT2D eigenvalue weighted by atomic mass is 32.2. The third-order valence-corrected chi connectivity index (χ3v) is 6.68. The topological polar surface area (TPSA) is 67.9 Å². The van der Waals surface area contributed by atoms with Gasteiger partial charge in [-0.15, -0.1) is 11.8 Å². The van der Waals surface area contributed by atoms with Gasteiger partial charge in [0.1, 0.15) is 11.4 Å². The van der Waals surface area contributed by atoms with Gasteiger partial charge in [0.2, 0.25) is 5.91 Å². The van der Waals surface area contributed by atoms with Crippen LogP contribution < -0.4 is 14.8 Å². The number of amides is 2. The van der Waals surface area contributed by atoms with Gasteiger partial charge in [0, 0.05) is 16.4 Å². The number of nitrogens with one attached hydrogen (secondary N) is 1. The zero-order chi connectivity index (χ0) is 19.2. The van der Waals surface area contributed by atoms with Crippen LogP contribution in [0.2, 0.25) is 0 Å². The van der Waals surface area contributed by atoms with Gasteiger partial charge >= 0.3 is 0 Å². The maximum atomic E-state index is 13.3. The van der Waals surface area contributed by atoms with Gasteiger partial charge < -0.3 is 19.7 Å². The molecule has 0 radical (unpaired) electrons. The van der Waals surface area contributed by atoms with Crippen molar-refractivity contribution in [1.29, 1.82) is 0 Å². The highest BCUT2D eigenvalue weighted by Crippen LogP contribution is 2.58. The summed E-state index contributed by atoms with van der Waals surface area (Å²) in [5.74, 6) is 0.670. The van der Waals surface area contributed by atoms with E-state index in [2.05, 4.69) is 5.32 Å². The molecule has 0 unspecified atom stereocenters. The second kappa shape index (κ2) is 6.68. The molecule has 1 saturated heterocycles. The monoisotopic (exact) mass is 378 g/mol. The summed E-state index contributed by atoms with van der Waals surface area (Å²) in [6.45, 7) is 8.03. The van der Waals surface area contributed by atoms with E-state index >= 15 is 0 Å². The summed E-state index contributed by atoms with van der Waals surface area (Å²) in [5.41, 5.74) is 1.38. The molecule has 1 aromatic rings. The number of carbonyl (C=O) groups is 2. The van der Waals surface area contributed by atoms with Gasteiger partial charge in [-0.3, -0.25) is 9.59 Å². The maximum absolute atomic E-state index is 13.3. The number of rotatable bonds is 5. The van der Waals surface area contributed by atoms with Crippen molar-refractivity contribution < 1.29 is 19.1 Å². The average molecular weight is 378 g/mol. The lowest BCUT2D eigenvalue weighted by Crippen LogP contribution is -2.54. The Hall–Kier alpha value is -1.89. The summed E-state index contributed by atoms with van der Waals surface area (Å²) < 4.78 is 10.4. The standard InChI is InChI=1S/C19H26N2O4S/c1-7-10(2)20-16(22)15-19(3,4)26-18-11-8-9-12(24-5)14(25-6)13(11)17(23)21(15)18/h8-10,15,18H,7H2,1-6H3,(H,20,22)/t10-,15-,18+/m0/s1. The molecule has 6 nitrogen and oxygen atoms in total. The molecule has 0 aliphatic carbocycles. The SMILES string of the molecule is CC[C@H](C)NC(=O)[C@@H]1N2C(=O)c3c(ccc(OC)c3OC)[C@H]2SC1(C)C. The van der Waals surface area contributed by atoms with Crippen LogP contribution in [0.1, 0.15) is 55.4 Å². The quantitative estimate of drug-likeness (QED) is 0.853. The van der Waals surface area contributed by atoms with Gasteiger partial charge in [-0.2, -0.15) is 0 Å². The van der Waals surface area contributed by atoms with E-state index in [9.17, 15) is 9.59 Å². The van der Waals surface area contributed by atoms with Crippen LogP contribution in [-0.4, -0.2) is 47.8 Å². The van der Waals surface area contributed by atoms with Crippen molar-refractivity contribution in [2.24, 2.45) is 0 Å². The van der Waals surface area contributed by atoms with Crippen molar-refractivity contribution in [2.75, 3.05) is 14.2 Å². The minimum Gasteiger partial charge on any atom is -0.493 e. The van der Waals surface area contributed by atoms with Crippen molar-refractivity contribution in [2.45, 2.75) is 56.3 Å². The zero-order valence-corrected chi connectivity index (χ0v) is 16.9. The Morgan fingerprint density at radius 1 is 1.35 bits per heavy atom. The molecule has 2 aliphatic heterocycles. The van der Waals surface area contributed by atoms with Crippen LogP contribution in [0.3, 0.4) is 0 Å². The van der Waals surface area contributed by atoms with Crippen LogP contribution in [0.15, 0.2) is 12.1 Å².